The van der Waals surface area contributed by atoms with Gasteiger partial charge in [0, 0.05) is 21.0 Å². The van der Waals surface area contributed by atoms with Crippen molar-refractivity contribution >= 4 is 33.0 Å². The van der Waals surface area contributed by atoms with E-state index >= 15 is 0 Å². The third-order valence-electron chi connectivity index (χ3n) is 5.05. The van der Waals surface area contributed by atoms with Crippen molar-refractivity contribution in [2.75, 3.05) is 0 Å². The number of hydrogen-bond donors (Lipinski definition) is 0. The minimum Gasteiger partial charge on any atom is -0.488 e. The van der Waals surface area contributed by atoms with Gasteiger partial charge in [-0.25, -0.2) is 9.37 Å². The Hall–Kier alpha value is -3.32. The van der Waals surface area contributed by atoms with E-state index in [0.29, 0.717) is 33.6 Å². The van der Waals surface area contributed by atoms with Crippen molar-refractivity contribution in [1.82, 2.24) is 9.66 Å². The highest BCUT2D eigenvalue weighted by molar-refractivity contribution is 9.10. The van der Waals surface area contributed by atoms with Crippen molar-refractivity contribution in [3.63, 3.8) is 0 Å². The summed E-state index contributed by atoms with van der Waals surface area (Å²) in [5.41, 5.74) is 1.06. The summed E-state index contributed by atoms with van der Waals surface area (Å²) >= 11 is 3.42. The highest BCUT2D eigenvalue weighted by atomic mass is 79.9. The van der Waals surface area contributed by atoms with Crippen LogP contribution in [0.2, 0.25) is 0 Å². The molecule has 0 aliphatic heterocycles. The second-order valence-corrected chi connectivity index (χ2v) is 9.54. The van der Waals surface area contributed by atoms with Gasteiger partial charge in [-0.3, -0.25) is 4.79 Å². The first-order chi connectivity index (χ1) is 15.7. The maximum Gasteiger partial charge on any atom is 0.282 e. The minimum atomic E-state index is -0.418. The number of benzene rings is 3. The second kappa shape index (κ2) is 9.27. The van der Waals surface area contributed by atoms with Gasteiger partial charge in [-0.1, -0.05) is 67.0 Å². The van der Waals surface area contributed by atoms with E-state index in [1.54, 1.807) is 36.5 Å². The zero-order valence-electron chi connectivity index (χ0n) is 18.5. The fourth-order valence-corrected chi connectivity index (χ4v) is 3.71. The highest BCUT2D eigenvalue weighted by Crippen LogP contribution is 2.24. The summed E-state index contributed by atoms with van der Waals surface area (Å²) in [6, 6.07) is 19.2. The highest BCUT2D eigenvalue weighted by Gasteiger charge is 2.23. The van der Waals surface area contributed by atoms with Gasteiger partial charge in [-0.15, -0.1) is 0 Å². The van der Waals surface area contributed by atoms with Crippen LogP contribution in [0, 0.1) is 5.82 Å². The lowest BCUT2D eigenvalue weighted by Crippen LogP contribution is -2.29. The van der Waals surface area contributed by atoms with Gasteiger partial charge in [0.15, 0.2) is 0 Å². The van der Waals surface area contributed by atoms with Crippen molar-refractivity contribution in [1.29, 1.82) is 0 Å². The van der Waals surface area contributed by atoms with E-state index in [1.807, 2.05) is 51.1 Å². The van der Waals surface area contributed by atoms with E-state index in [2.05, 4.69) is 21.0 Å². The van der Waals surface area contributed by atoms with Crippen molar-refractivity contribution in [3.8, 4) is 5.75 Å². The number of ether oxygens (including phenoxy) is 1. The zero-order valence-corrected chi connectivity index (χ0v) is 20.1. The van der Waals surface area contributed by atoms with Crippen LogP contribution in [0.25, 0.3) is 10.9 Å². The third-order valence-corrected chi connectivity index (χ3v) is 5.54. The molecular formula is C26H23BrFN3O2. The van der Waals surface area contributed by atoms with Crippen LogP contribution in [0.4, 0.5) is 4.39 Å². The molecule has 0 radical (unpaired) electrons. The summed E-state index contributed by atoms with van der Waals surface area (Å²) in [7, 11) is 0. The predicted molar refractivity (Wildman–Crippen MR) is 133 cm³/mol. The van der Waals surface area contributed by atoms with Crippen LogP contribution < -0.4 is 10.3 Å². The Bertz CT molecular complexity index is 1410. The van der Waals surface area contributed by atoms with Gasteiger partial charge in [0.05, 0.1) is 17.1 Å². The molecule has 0 aliphatic carbocycles. The number of hydrogen-bond acceptors (Lipinski definition) is 4. The zero-order chi connectivity index (χ0) is 23.6. The van der Waals surface area contributed by atoms with E-state index < -0.39 is 5.41 Å². The van der Waals surface area contributed by atoms with Crippen LogP contribution in [0.1, 0.15) is 37.7 Å². The van der Waals surface area contributed by atoms with E-state index in [9.17, 15) is 9.18 Å². The quantitative estimate of drug-likeness (QED) is 0.308. The Morgan fingerprint density at radius 2 is 1.82 bits per heavy atom. The van der Waals surface area contributed by atoms with Gasteiger partial charge in [0.25, 0.3) is 5.56 Å². The van der Waals surface area contributed by atoms with Gasteiger partial charge >= 0.3 is 0 Å². The maximum atomic E-state index is 14.0. The summed E-state index contributed by atoms with van der Waals surface area (Å²) < 4.78 is 22.0. The molecule has 0 atom stereocenters. The first-order valence-corrected chi connectivity index (χ1v) is 11.3. The largest absolute Gasteiger partial charge is 0.488 e. The smallest absolute Gasteiger partial charge is 0.282 e. The standard InChI is InChI=1S/C26H23BrFN3O2/c1-26(2,3)25-30-22-13-12-19(27)14-20(22)24(32)31(25)29-15-17-8-5-7-11-23(17)33-16-18-9-4-6-10-21(18)28/h4-15H,16H2,1-3H3. The Balaban J connectivity index is 1.74. The van der Waals surface area contributed by atoms with Crippen LogP contribution in [0.15, 0.2) is 81.1 Å². The molecule has 3 aromatic carbocycles. The first kappa shape index (κ1) is 22.9. The lowest BCUT2D eigenvalue weighted by atomic mass is 9.95. The Morgan fingerprint density at radius 3 is 2.58 bits per heavy atom. The van der Waals surface area contributed by atoms with Crippen LogP contribution in [-0.4, -0.2) is 15.9 Å². The SMILES string of the molecule is CC(C)(C)c1nc2ccc(Br)cc2c(=O)n1N=Cc1ccccc1OCc1ccccc1F. The maximum absolute atomic E-state index is 14.0. The Kier molecular flexibility index (Phi) is 6.42. The molecule has 5 nitrogen and oxygen atoms in total. The fraction of sp³-hybridized carbons (Fsp3) is 0.192. The van der Waals surface area contributed by atoms with Crippen LogP contribution in [-0.2, 0) is 12.0 Å². The fourth-order valence-electron chi connectivity index (χ4n) is 3.35. The number of nitrogens with zero attached hydrogens (tertiary/aromatic N) is 3. The van der Waals surface area contributed by atoms with Gasteiger partial charge in [0.1, 0.15) is 24.0 Å². The number of halogens is 2. The van der Waals surface area contributed by atoms with Crippen molar-refractivity contribution in [2.45, 2.75) is 32.8 Å². The van der Waals surface area contributed by atoms with Gasteiger partial charge in [-0.05, 0) is 36.4 Å². The normalized spacial score (nSPS) is 11.9. The molecule has 4 aromatic rings. The van der Waals surface area contributed by atoms with Crippen LogP contribution >= 0.6 is 15.9 Å². The van der Waals surface area contributed by atoms with E-state index in [0.717, 1.165) is 4.47 Å². The molecule has 168 valence electrons. The van der Waals surface area contributed by atoms with Crippen molar-refractivity contribution < 1.29 is 9.13 Å². The first-order valence-electron chi connectivity index (χ1n) is 10.5. The third kappa shape index (κ3) is 5.03. The Morgan fingerprint density at radius 1 is 1.09 bits per heavy atom. The average molecular weight is 508 g/mol. The number of aromatic nitrogens is 2. The van der Waals surface area contributed by atoms with E-state index in [4.69, 9.17) is 9.72 Å². The molecular weight excluding hydrogens is 485 g/mol. The summed E-state index contributed by atoms with van der Waals surface area (Å²) in [5, 5.41) is 4.97. The van der Waals surface area contributed by atoms with Gasteiger partial charge in [0.2, 0.25) is 0 Å². The molecule has 0 saturated carbocycles. The molecule has 1 heterocycles. The topological polar surface area (TPSA) is 56.5 Å². The molecule has 0 bridgehead atoms. The number of rotatable bonds is 5. The molecule has 0 amide bonds. The van der Waals surface area contributed by atoms with Crippen molar-refractivity contribution in [2.24, 2.45) is 5.10 Å². The average Bonchev–Trinajstić information content (AvgIpc) is 2.78. The van der Waals surface area contributed by atoms with Gasteiger partial charge < -0.3 is 4.74 Å². The summed E-state index contributed by atoms with van der Waals surface area (Å²) in [5.74, 6) is 0.758. The second-order valence-electron chi connectivity index (χ2n) is 8.63. The lowest BCUT2D eigenvalue weighted by Gasteiger charge is -2.21. The minimum absolute atomic E-state index is 0.0796. The molecule has 0 fully saturated rings. The molecule has 1 aromatic heterocycles. The Labute approximate surface area is 199 Å². The summed E-state index contributed by atoms with van der Waals surface area (Å²) in [6.07, 6.45) is 1.57. The van der Waals surface area contributed by atoms with E-state index in [-0.39, 0.29) is 18.0 Å². The molecule has 7 heteroatoms. The monoisotopic (exact) mass is 507 g/mol. The van der Waals surface area contributed by atoms with E-state index in [1.165, 1.54) is 10.7 Å². The molecule has 4 rings (SSSR count). The van der Waals surface area contributed by atoms with Crippen LogP contribution in [0.3, 0.4) is 0 Å². The number of para-hydroxylation sites is 1. The van der Waals surface area contributed by atoms with Gasteiger partial charge in [-0.2, -0.15) is 9.78 Å². The molecule has 33 heavy (non-hydrogen) atoms. The summed E-state index contributed by atoms with van der Waals surface area (Å²) in [4.78, 5) is 18.0. The molecule has 0 spiro atoms. The number of fused-ring (bicyclic) bond motifs is 1. The van der Waals surface area contributed by atoms with Crippen molar-refractivity contribution in [3.05, 3.63) is 104 Å². The molecule has 0 aliphatic rings. The lowest BCUT2D eigenvalue weighted by molar-refractivity contribution is 0.299. The predicted octanol–water partition coefficient (Wildman–Crippen LogP) is 6.06. The molecule has 0 saturated heterocycles. The molecule has 0 N–H and O–H groups in total. The summed E-state index contributed by atoms with van der Waals surface area (Å²) in [6.45, 7) is 6.03. The van der Waals surface area contributed by atoms with Crippen LogP contribution in [0.5, 0.6) is 5.75 Å². The molecule has 0 unspecified atom stereocenters.